The van der Waals surface area contributed by atoms with Gasteiger partial charge in [0.2, 0.25) is 0 Å². The first-order valence-electron chi connectivity index (χ1n) is 5.75. The molecule has 0 saturated carbocycles. The molecular formula is C13H16BrNO3. The first kappa shape index (κ1) is 14.7. The Balaban J connectivity index is 2.83. The molecule has 0 aromatic heterocycles. The van der Waals surface area contributed by atoms with Crippen molar-refractivity contribution in [3.05, 3.63) is 33.8 Å². The summed E-state index contributed by atoms with van der Waals surface area (Å²) in [6, 6.07) is 4.48. The summed E-state index contributed by atoms with van der Waals surface area (Å²) < 4.78 is 0.667. The minimum Gasteiger partial charge on any atom is -0.480 e. The summed E-state index contributed by atoms with van der Waals surface area (Å²) in [4.78, 5) is 22.9. The lowest BCUT2D eigenvalue weighted by Gasteiger charge is -2.14. The van der Waals surface area contributed by atoms with Crippen molar-refractivity contribution in [3.63, 3.8) is 0 Å². The van der Waals surface area contributed by atoms with Crippen LogP contribution < -0.4 is 5.32 Å². The second-order valence-electron chi connectivity index (χ2n) is 4.14. The van der Waals surface area contributed by atoms with Gasteiger partial charge in [0.15, 0.2) is 0 Å². The van der Waals surface area contributed by atoms with Crippen LogP contribution in [-0.4, -0.2) is 23.0 Å². The number of carbonyl (C=O) groups excluding carboxylic acids is 1. The number of aryl methyl sites for hydroxylation is 1. The number of carbonyl (C=O) groups is 2. The van der Waals surface area contributed by atoms with Gasteiger partial charge in [0.25, 0.3) is 5.91 Å². The largest absolute Gasteiger partial charge is 0.480 e. The summed E-state index contributed by atoms with van der Waals surface area (Å²) in [5.74, 6) is -1.38. The highest BCUT2D eigenvalue weighted by atomic mass is 79.9. The van der Waals surface area contributed by atoms with Crippen LogP contribution >= 0.6 is 15.9 Å². The summed E-state index contributed by atoms with van der Waals surface area (Å²) in [5.41, 5.74) is 1.48. The second-order valence-corrected chi connectivity index (χ2v) is 4.99. The molecule has 2 N–H and O–H groups in total. The summed E-state index contributed by atoms with van der Waals surface area (Å²) in [6.45, 7) is 3.80. The Kier molecular flexibility index (Phi) is 5.34. The molecular weight excluding hydrogens is 298 g/mol. The Hall–Kier alpha value is -1.36. The van der Waals surface area contributed by atoms with Crippen LogP contribution in [-0.2, 0) is 4.79 Å². The molecule has 1 aromatic carbocycles. The first-order valence-corrected chi connectivity index (χ1v) is 6.54. The van der Waals surface area contributed by atoms with Crippen molar-refractivity contribution in [1.82, 2.24) is 5.32 Å². The van der Waals surface area contributed by atoms with Crippen molar-refractivity contribution in [2.24, 2.45) is 0 Å². The standard InChI is InChI=1S/C13H16BrNO3/c1-3-4-11(13(17)18)15-12(16)9-6-5-8(2)7-10(9)14/h5-7,11H,3-4H2,1-2H3,(H,15,16)(H,17,18)/t11-/m0/s1. The van der Waals surface area contributed by atoms with Gasteiger partial charge in [0, 0.05) is 4.47 Å². The van der Waals surface area contributed by atoms with Gasteiger partial charge in [-0.2, -0.15) is 0 Å². The predicted octanol–water partition coefficient (Wildman–Crippen LogP) is 2.74. The summed E-state index contributed by atoms with van der Waals surface area (Å²) in [7, 11) is 0. The van der Waals surface area contributed by atoms with Gasteiger partial charge in [-0.05, 0) is 47.0 Å². The van der Waals surface area contributed by atoms with Gasteiger partial charge in [0.05, 0.1) is 5.56 Å². The molecule has 0 aliphatic rings. The number of carboxylic acids is 1. The molecule has 0 saturated heterocycles. The van der Waals surface area contributed by atoms with E-state index in [0.717, 1.165) is 5.56 Å². The summed E-state index contributed by atoms with van der Waals surface area (Å²) in [5, 5.41) is 11.5. The molecule has 0 spiro atoms. The lowest BCUT2D eigenvalue weighted by molar-refractivity contribution is -0.139. The fourth-order valence-electron chi connectivity index (χ4n) is 1.59. The molecule has 5 heteroatoms. The Morgan fingerprint density at radius 2 is 2.11 bits per heavy atom. The molecule has 98 valence electrons. The molecule has 1 aromatic rings. The third-order valence-corrected chi connectivity index (χ3v) is 3.21. The van der Waals surface area contributed by atoms with Gasteiger partial charge < -0.3 is 10.4 Å². The van der Waals surface area contributed by atoms with E-state index in [1.807, 2.05) is 26.0 Å². The molecule has 0 unspecified atom stereocenters. The van der Waals surface area contributed by atoms with Crippen LogP contribution in [0.1, 0.15) is 35.7 Å². The van der Waals surface area contributed by atoms with E-state index in [9.17, 15) is 9.59 Å². The summed E-state index contributed by atoms with van der Waals surface area (Å²) >= 11 is 3.31. The maximum Gasteiger partial charge on any atom is 0.326 e. The molecule has 0 aliphatic carbocycles. The van der Waals surface area contributed by atoms with Gasteiger partial charge in [-0.3, -0.25) is 4.79 Å². The lowest BCUT2D eigenvalue weighted by Crippen LogP contribution is -2.40. The van der Waals surface area contributed by atoms with E-state index in [2.05, 4.69) is 21.2 Å². The highest BCUT2D eigenvalue weighted by Crippen LogP contribution is 2.18. The topological polar surface area (TPSA) is 66.4 Å². The van der Waals surface area contributed by atoms with Crippen molar-refractivity contribution >= 4 is 27.8 Å². The normalized spacial score (nSPS) is 11.9. The minimum absolute atomic E-state index is 0.372. The number of halogens is 1. The van der Waals surface area contributed by atoms with Crippen LogP contribution in [0.5, 0.6) is 0 Å². The van der Waals surface area contributed by atoms with Gasteiger partial charge in [-0.15, -0.1) is 0 Å². The average molecular weight is 314 g/mol. The molecule has 0 heterocycles. The third-order valence-electron chi connectivity index (χ3n) is 2.55. The van der Waals surface area contributed by atoms with E-state index < -0.39 is 12.0 Å². The molecule has 0 bridgehead atoms. The zero-order chi connectivity index (χ0) is 13.7. The lowest BCUT2D eigenvalue weighted by atomic mass is 10.1. The number of carboxylic acid groups (broad SMARTS) is 1. The first-order chi connectivity index (χ1) is 8.45. The Labute approximate surface area is 115 Å². The molecule has 1 rings (SSSR count). The van der Waals surface area contributed by atoms with Crippen LogP contribution in [0.4, 0.5) is 0 Å². The molecule has 18 heavy (non-hydrogen) atoms. The number of amides is 1. The fourth-order valence-corrected chi connectivity index (χ4v) is 2.26. The highest BCUT2D eigenvalue weighted by Gasteiger charge is 2.20. The van der Waals surface area contributed by atoms with Crippen molar-refractivity contribution in [2.75, 3.05) is 0 Å². The SMILES string of the molecule is CCC[C@H](NC(=O)c1ccc(C)cc1Br)C(=O)O. The van der Waals surface area contributed by atoms with Gasteiger partial charge in [-0.25, -0.2) is 4.79 Å². The number of rotatable bonds is 5. The summed E-state index contributed by atoms with van der Waals surface area (Å²) in [6.07, 6.45) is 1.12. The molecule has 0 aliphatic heterocycles. The number of nitrogens with one attached hydrogen (secondary N) is 1. The average Bonchev–Trinajstić information content (AvgIpc) is 2.27. The number of hydrogen-bond acceptors (Lipinski definition) is 2. The van der Waals surface area contributed by atoms with Gasteiger partial charge in [-0.1, -0.05) is 19.4 Å². The van der Waals surface area contributed by atoms with Crippen molar-refractivity contribution in [1.29, 1.82) is 0 Å². The van der Waals surface area contributed by atoms with E-state index in [1.165, 1.54) is 0 Å². The van der Waals surface area contributed by atoms with E-state index in [-0.39, 0.29) is 5.91 Å². The van der Waals surface area contributed by atoms with Crippen molar-refractivity contribution in [3.8, 4) is 0 Å². The monoisotopic (exact) mass is 313 g/mol. The van der Waals surface area contributed by atoms with E-state index in [0.29, 0.717) is 22.9 Å². The van der Waals surface area contributed by atoms with Crippen LogP contribution in [0, 0.1) is 6.92 Å². The van der Waals surface area contributed by atoms with Gasteiger partial charge in [0.1, 0.15) is 6.04 Å². The highest BCUT2D eigenvalue weighted by molar-refractivity contribution is 9.10. The quantitative estimate of drug-likeness (QED) is 0.878. The minimum atomic E-state index is -1.01. The maximum absolute atomic E-state index is 12.0. The Morgan fingerprint density at radius 3 is 2.61 bits per heavy atom. The van der Waals surface area contributed by atoms with E-state index >= 15 is 0 Å². The van der Waals surface area contributed by atoms with Gasteiger partial charge >= 0.3 is 5.97 Å². The third kappa shape index (κ3) is 3.84. The molecule has 0 fully saturated rings. The molecule has 1 atom stereocenters. The van der Waals surface area contributed by atoms with Crippen molar-refractivity contribution < 1.29 is 14.7 Å². The van der Waals surface area contributed by atoms with Crippen LogP contribution in [0.15, 0.2) is 22.7 Å². The molecule has 0 radical (unpaired) electrons. The van der Waals surface area contributed by atoms with Crippen molar-refractivity contribution in [2.45, 2.75) is 32.7 Å². The number of aliphatic carboxylic acids is 1. The zero-order valence-corrected chi connectivity index (χ0v) is 12.0. The fraction of sp³-hybridized carbons (Fsp3) is 0.385. The van der Waals surface area contributed by atoms with E-state index in [4.69, 9.17) is 5.11 Å². The number of hydrogen-bond donors (Lipinski definition) is 2. The maximum atomic E-state index is 12.0. The Bertz CT molecular complexity index is 460. The zero-order valence-electron chi connectivity index (χ0n) is 10.4. The Morgan fingerprint density at radius 1 is 1.44 bits per heavy atom. The van der Waals surface area contributed by atoms with Crippen LogP contribution in [0.25, 0.3) is 0 Å². The van der Waals surface area contributed by atoms with Crippen LogP contribution in [0.2, 0.25) is 0 Å². The second kappa shape index (κ2) is 6.54. The molecule has 4 nitrogen and oxygen atoms in total. The van der Waals surface area contributed by atoms with E-state index in [1.54, 1.807) is 6.07 Å². The number of benzene rings is 1. The smallest absolute Gasteiger partial charge is 0.326 e. The van der Waals surface area contributed by atoms with Crippen LogP contribution in [0.3, 0.4) is 0 Å². The molecule has 1 amide bonds. The predicted molar refractivity (Wildman–Crippen MR) is 72.7 cm³/mol.